The molecule has 6 rings (SSSR count). The molecule has 1 amide bonds. The van der Waals surface area contributed by atoms with Gasteiger partial charge in [0.15, 0.2) is 11.5 Å². The summed E-state index contributed by atoms with van der Waals surface area (Å²) in [5.74, 6) is 1.97. The second-order valence-electron chi connectivity index (χ2n) is 9.42. The van der Waals surface area contributed by atoms with Gasteiger partial charge in [-0.15, -0.1) is 0 Å². The highest BCUT2D eigenvalue weighted by Crippen LogP contribution is 2.32. The van der Waals surface area contributed by atoms with Crippen molar-refractivity contribution in [3.8, 4) is 17.1 Å². The van der Waals surface area contributed by atoms with Crippen LogP contribution in [-0.2, 0) is 11.8 Å². The van der Waals surface area contributed by atoms with Gasteiger partial charge in [0.25, 0.3) is 5.91 Å². The van der Waals surface area contributed by atoms with E-state index in [-0.39, 0.29) is 5.91 Å². The first-order valence-electron chi connectivity index (χ1n) is 12.7. The van der Waals surface area contributed by atoms with Gasteiger partial charge in [-0.25, -0.2) is 14.5 Å². The number of fused-ring (bicyclic) bond motifs is 1. The SMILES string of the molecule is COc1cc(NC(=O)c2cnn3ccc(Nc4cccc(-c5ncn(C)n5)c4)nc23)cc(C2CCOCC2)c1. The van der Waals surface area contributed by atoms with Crippen LogP contribution in [0.15, 0.2) is 67.3 Å². The smallest absolute Gasteiger partial charge is 0.261 e. The number of anilines is 3. The maximum atomic E-state index is 13.3. The summed E-state index contributed by atoms with van der Waals surface area (Å²) in [5, 5.41) is 15.0. The van der Waals surface area contributed by atoms with Crippen molar-refractivity contribution in [1.82, 2.24) is 29.4 Å². The summed E-state index contributed by atoms with van der Waals surface area (Å²) < 4.78 is 14.3. The van der Waals surface area contributed by atoms with Crippen LogP contribution in [0.2, 0.25) is 0 Å². The molecule has 0 atom stereocenters. The van der Waals surface area contributed by atoms with E-state index in [1.807, 2.05) is 49.5 Å². The van der Waals surface area contributed by atoms with E-state index in [4.69, 9.17) is 9.47 Å². The fourth-order valence-electron chi connectivity index (χ4n) is 4.73. The fraction of sp³-hybridized carbons (Fsp3) is 0.250. The Morgan fingerprint density at radius 2 is 1.97 bits per heavy atom. The summed E-state index contributed by atoms with van der Waals surface area (Å²) in [4.78, 5) is 22.3. The number of amides is 1. The van der Waals surface area contributed by atoms with Crippen LogP contribution in [0, 0.1) is 0 Å². The average Bonchev–Trinajstić information content (AvgIpc) is 3.59. The molecule has 0 aliphatic carbocycles. The number of carbonyl (C=O) groups is 1. The number of methoxy groups -OCH3 is 1. The first-order valence-corrected chi connectivity index (χ1v) is 12.7. The molecule has 11 nitrogen and oxygen atoms in total. The van der Waals surface area contributed by atoms with E-state index in [0.717, 1.165) is 42.9 Å². The Morgan fingerprint density at radius 1 is 1.10 bits per heavy atom. The van der Waals surface area contributed by atoms with Gasteiger partial charge in [-0.2, -0.15) is 10.2 Å². The van der Waals surface area contributed by atoms with E-state index in [2.05, 4.69) is 30.8 Å². The van der Waals surface area contributed by atoms with Gasteiger partial charge in [0, 0.05) is 49.5 Å². The number of nitrogens with one attached hydrogen (secondary N) is 2. The van der Waals surface area contributed by atoms with Crippen molar-refractivity contribution in [2.75, 3.05) is 31.0 Å². The minimum atomic E-state index is -0.302. The van der Waals surface area contributed by atoms with Crippen molar-refractivity contribution in [1.29, 1.82) is 0 Å². The number of nitrogens with zero attached hydrogens (tertiary/aromatic N) is 6. The minimum Gasteiger partial charge on any atom is -0.497 e. The van der Waals surface area contributed by atoms with Gasteiger partial charge in [0.2, 0.25) is 0 Å². The normalized spacial score (nSPS) is 13.9. The Morgan fingerprint density at radius 3 is 2.77 bits per heavy atom. The van der Waals surface area contributed by atoms with E-state index < -0.39 is 0 Å². The predicted octanol–water partition coefficient (Wildman–Crippen LogP) is 4.42. The maximum absolute atomic E-state index is 13.3. The number of rotatable bonds is 7. The van der Waals surface area contributed by atoms with Crippen LogP contribution in [0.25, 0.3) is 17.0 Å². The van der Waals surface area contributed by atoms with Gasteiger partial charge in [-0.05, 0) is 54.7 Å². The summed E-state index contributed by atoms with van der Waals surface area (Å²) in [6.45, 7) is 1.47. The summed E-state index contributed by atoms with van der Waals surface area (Å²) in [6, 6.07) is 15.4. The summed E-state index contributed by atoms with van der Waals surface area (Å²) in [6.07, 6.45) is 6.83. The number of carbonyl (C=O) groups excluding carboxylic acids is 1. The molecule has 0 bridgehead atoms. The lowest BCUT2D eigenvalue weighted by Gasteiger charge is -2.23. The first kappa shape index (κ1) is 24.6. The van der Waals surface area contributed by atoms with Crippen LogP contribution in [-0.4, -0.2) is 55.6 Å². The zero-order chi connectivity index (χ0) is 26.8. The maximum Gasteiger partial charge on any atom is 0.261 e. The molecular weight excluding hydrogens is 496 g/mol. The summed E-state index contributed by atoms with van der Waals surface area (Å²) >= 11 is 0. The molecule has 0 saturated carbocycles. The standard InChI is InChI=1S/C28H28N8O3/c1-35-17-29-26(34-35)19-4-3-5-21(12-19)31-25-6-9-36-27(33-25)24(16-30-36)28(37)32-22-13-20(14-23(15-22)38-2)18-7-10-39-11-8-18/h3-6,9,12-18H,7-8,10-11H2,1-2H3,(H,31,33)(H,32,37). The van der Waals surface area contributed by atoms with Gasteiger partial charge >= 0.3 is 0 Å². The highest BCUT2D eigenvalue weighted by molar-refractivity contribution is 6.08. The third-order valence-corrected chi connectivity index (χ3v) is 6.72. The van der Waals surface area contributed by atoms with Crippen LogP contribution in [0.5, 0.6) is 5.75 Å². The minimum absolute atomic E-state index is 0.302. The monoisotopic (exact) mass is 524 g/mol. The molecule has 4 heterocycles. The molecule has 1 saturated heterocycles. The number of aromatic nitrogens is 6. The Hall–Kier alpha value is -4.77. The number of benzene rings is 2. The largest absolute Gasteiger partial charge is 0.497 e. The molecule has 1 aliphatic rings. The van der Waals surface area contributed by atoms with Crippen molar-refractivity contribution in [2.45, 2.75) is 18.8 Å². The van der Waals surface area contributed by atoms with Crippen LogP contribution >= 0.6 is 0 Å². The van der Waals surface area contributed by atoms with Crippen LogP contribution in [0.4, 0.5) is 17.2 Å². The van der Waals surface area contributed by atoms with Crippen molar-refractivity contribution >= 4 is 28.7 Å². The van der Waals surface area contributed by atoms with Crippen LogP contribution in [0.3, 0.4) is 0 Å². The van der Waals surface area contributed by atoms with Crippen molar-refractivity contribution in [3.63, 3.8) is 0 Å². The Bertz CT molecular complexity index is 1640. The molecule has 0 unspecified atom stereocenters. The molecule has 198 valence electrons. The molecule has 3 aromatic heterocycles. The lowest BCUT2D eigenvalue weighted by Crippen LogP contribution is -2.15. The Balaban J connectivity index is 1.24. The molecule has 39 heavy (non-hydrogen) atoms. The van der Waals surface area contributed by atoms with E-state index in [0.29, 0.717) is 40.2 Å². The molecular formula is C28H28N8O3. The summed E-state index contributed by atoms with van der Waals surface area (Å²) in [5.41, 5.74) is 4.28. The molecule has 0 spiro atoms. The van der Waals surface area contributed by atoms with Crippen molar-refractivity contribution < 1.29 is 14.3 Å². The van der Waals surface area contributed by atoms with E-state index in [1.165, 1.54) is 6.20 Å². The van der Waals surface area contributed by atoms with E-state index >= 15 is 0 Å². The zero-order valence-corrected chi connectivity index (χ0v) is 21.7. The zero-order valence-electron chi connectivity index (χ0n) is 21.7. The third kappa shape index (κ3) is 5.30. The van der Waals surface area contributed by atoms with Gasteiger partial charge < -0.3 is 20.1 Å². The Labute approximate surface area is 224 Å². The molecule has 2 N–H and O–H groups in total. The predicted molar refractivity (Wildman–Crippen MR) is 146 cm³/mol. The molecule has 11 heteroatoms. The molecule has 1 aliphatic heterocycles. The fourth-order valence-corrected chi connectivity index (χ4v) is 4.73. The molecule has 0 radical (unpaired) electrons. The number of ether oxygens (including phenoxy) is 2. The molecule has 1 fully saturated rings. The van der Waals surface area contributed by atoms with E-state index in [1.54, 1.807) is 34.9 Å². The second-order valence-corrected chi connectivity index (χ2v) is 9.42. The highest BCUT2D eigenvalue weighted by Gasteiger charge is 2.20. The van der Waals surface area contributed by atoms with Crippen LogP contribution < -0.4 is 15.4 Å². The van der Waals surface area contributed by atoms with E-state index in [9.17, 15) is 4.79 Å². The van der Waals surface area contributed by atoms with Gasteiger partial charge in [-0.3, -0.25) is 9.48 Å². The third-order valence-electron chi connectivity index (χ3n) is 6.72. The molecule has 2 aromatic carbocycles. The Kier molecular flexibility index (Phi) is 6.64. The summed E-state index contributed by atoms with van der Waals surface area (Å²) in [7, 11) is 3.46. The quantitative estimate of drug-likeness (QED) is 0.321. The lowest BCUT2D eigenvalue weighted by molar-refractivity contribution is 0.0853. The van der Waals surface area contributed by atoms with Crippen molar-refractivity contribution in [2.24, 2.45) is 7.05 Å². The van der Waals surface area contributed by atoms with Crippen molar-refractivity contribution in [3.05, 3.63) is 78.4 Å². The van der Waals surface area contributed by atoms with Crippen LogP contribution in [0.1, 0.15) is 34.7 Å². The lowest BCUT2D eigenvalue weighted by atomic mass is 9.91. The number of hydrogen-bond acceptors (Lipinski definition) is 8. The van der Waals surface area contributed by atoms with Gasteiger partial charge in [-0.1, -0.05) is 12.1 Å². The average molecular weight is 525 g/mol. The second kappa shape index (κ2) is 10.5. The molecule has 5 aromatic rings. The van der Waals surface area contributed by atoms with Gasteiger partial charge in [0.05, 0.1) is 13.3 Å². The number of hydrogen-bond donors (Lipinski definition) is 2. The van der Waals surface area contributed by atoms with Gasteiger partial charge in [0.1, 0.15) is 23.5 Å². The number of aryl methyl sites for hydroxylation is 1. The first-order chi connectivity index (χ1) is 19.1. The topological polar surface area (TPSA) is 120 Å². The highest BCUT2D eigenvalue weighted by atomic mass is 16.5.